The van der Waals surface area contributed by atoms with E-state index >= 15 is 0 Å². The van der Waals surface area contributed by atoms with Gasteiger partial charge >= 0.3 is 5.97 Å². The molecule has 1 rings (SSSR count). The van der Waals surface area contributed by atoms with Gasteiger partial charge in [0.2, 0.25) is 0 Å². The van der Waals surface area contributed by atoms with E-state index in [0.717, 1.165) is 11.1 Å². The Morgan fingerprint density at radius 3 is 2.47 bits per heavy atom. The van der Waals surface area contributed by atoms with Crippen molar-refractivity contribution in [1.82, 2.24) is 0 Å². The van der Waals surface area contributed by atoms with Crippen LogP contribution in [-0.4, -0.2) is 25.1 Å². The first-order valence-corrected chi connectivity index (χ1v) is 5.13. The molecule has 1 aromatic rings. The van der Waals surface area contributed by atoms with Crippen molar-refractivity contribution in [1.29, 1.82) is 0 Å². The van der Waals surface area contributed by atoms with Crippen molar-refractivity contribution in [3.63, 3.8) is 0 Å². The van der Waals surface area contributed by atoms with Crippen LogP contribution in [0.2, 0.25) is 0 Å². The zero-order chi connectivity index (χ0) is 12.8. The Morgan fingerprint density at radius 2 is 1.88 bits per heavy atom. The first kappa shape index (κ1) is 13.0. The highest BCUT2D eigenvalue weighted by molar-refractivity contribution is 5.79. The van der Waals surface area contributed by atoms with E-state index in [0.29, 0.717) is 5.75 Å². The predicted octanol–water partition coefficient (Wildman–Crippen LogP) is 0.711. The summed E-state index contributed by atoms with van der Waals surface area (Å²) in [6, 6.07) is 5.50. The van der Waals surface area contributed by atoms with E-state index < -0.39 is 18.5 Å². The molecule has 0 aromatic heterocycles. The molecule has 0 saturated carbocycles. The minimum absolute atomic E-state index is 0.240. The maximum absolute atomic E-state index is 11.1. The highest BCUT2D eigenvalue weighted by atomic mass is 16.6. The zero-order valence-electron chi connectivity index (χ0n) is 9.86. The van der Waals surface area contributed by atoms with Gasteiger partial charge < -0.3 is 15.2 Å². The van der Waals surface area contributed by atoms with E-state index in [1.807, 2.05) is 26.0 Å². The van der Waals surface area contributed by atoms with Gasteiger partial charge in [-0.3, -0.25) is 4.79 Å². The Balaban J connectivity index is 2.42. The molecule has 5 heteroatoms. The number of carbonyl (C=O) groups excluding carboxylic acids is 2. The summed E-state index contributed by atoms with van der Waals surface area (Å²) in [7, 11) is 0. The molecular formula is C12H15NO4. The molecule has 1 aromatic carbocycles. The van der Waals surface area contributed by atoms with E-state index in [1.165, 1.54) is 0 Å². The third-order valence-electron chi connectivity index (χ3n) is 2.21. The third kappa shape index (κ3) is 4.55. The molecule has 0 heterocycles. The molecule has 0 aliphatic rings. The lowest BCUT2D eigenvalue weighted by molar-refractivity contribution is -0.149. The second-order valence-electron chi connectivity index (χ2n) is 3.66. The molecule has 0 aliphatic heterocycles. The van der Waals surface area contributed by atoms with Crippen LogP contribution in [-0.2, 0) is 14.3 Å². The third-order valence-corrected chi connectivity index (χ3v) is 2.21. The number of esters is 1. The van der Waals surface area contributed by atoms with Crippen molar-refractivity contribution >= 4 is 11.9 Å². The molecule has 1 amide bonds. The lowest BCUT2D eigenvalue weighted by Crippen LogP contribution is -2.23. The number of carbonyl (C=O) groups is 2. The number of primary amides is 1. The van der Waals surface area contributed by atoms with Crippen LogP contribution in [0.3, 0.4) is 0 Å². The Hall–Kier alpha value is -2.04. The maximum atomic E-state index is 11.1. The van der Waals surface area contributed by atoms with Gasteiger partial charge in [-0.15, -0.1) is 0 Å². The molecule has 0 spiro atoms. The van der Waals surface area contributed by atoms with Crippen LogP contribution in [0.15, 0.2) is 18.2 Å². The van der Waals surface area contributed by atoms with Gasteiger partial charge in [0.05, 0.1) is 0 Å². The van der Waals surface area contributed by atoms with E-state index in [4.69, 9.17) is 10.5 Å². The van der Waals surface area contributed by atoms with Crippen molar-refractivity contribution in [3.05, 3.63) is 29.3 Å². The molecule has 0 saturated heterocycles. The summed E-state index contributed by atoms with van der Waals surface area (Å²) in [5.74, 6) is -0.726. The van der Waals surface area contributed by atoms with Gasteiger partial charge in [0.15, 0.2) is 13.2 Å². The number of aryl methyl sites for hydroxylation is 2. The molecule has 2 N–H and O–H groups in total. The summed E-state index contributed by atoms with van der Waals surface area (Å²) in [6.07, 6.45) is 0. The van der Waals surface area contributed by atoms with Crippen molar-refractivity contribution < 1.29 is 19.1 Å². The van der Waals surface area contributed by atoms with Crippen molar-refractivity contribution in [3.8, 4) is 5.75 Å². The number of rotatable bonds is 5. The predicted molar refractivity (Wildman–Crippen MR) is 61.6 cm³/mol. The normalized spacial score (nSPS) is 9.76. The second-order valence-corrected chi connectivity index (χ2v) is 3.66. The van der Waals surface area contributed by atoms with Gasteiger partial charge in [0.1, 0.15) is 5.75 Å². The standard InChI is InChI=1S/C12H15NO4/c1-8-3-4-10(5-9(8)2)16-7-12(15)17-6-11(13)14/h3-5H,6-7H2,1-2H3,(H2,13,14). The molecule has 17 heavy (non-hydrogen) atoms. The number of nitrogens with two attached hydrogens (primary N) is 1. The first-order valence-electron chi connectivity index (χ1n) is 5.13. The fourth-order valence-corrected chi connectivity index (χ4v) is 1.14. The SMILES string of the molecule is Cc1ccc(OCC(=O)OCC(N)=O)cc1C. The Kier molecular flexibility index (Phi) is 4.51. The highest BCUT2D eigenvalue weighted by Crippen LogP contribution is 2.16. The monoisotopic (exact) mass is 237 g/mol. The molecule has 0 aliphatic carbocycles. The van der Waals surface area contributed by atoms with E-state index in [2.05, 4.69) is 4.74 Å². The summed E-state index contributed by atoms with van der Waals surface area (Å²) in [6.45, 7) is 3.28. The second kappa shape index (κ2) is 5.89. The molecule has 5 nitrogen and oxygen atoms in total. The number of amides is 1. The molecule has 0 unspecified atom stereocenters. The van der Waals surface area contributed by atoms with Crippen LogP contribution in [0, 0.1) is 13.8 Å². The van der Waals surface area contributed by atoms with Gasteiger partial charge in [0.25, 0.3) is 5.91 Å². The fraction of sp³-hybridized carbons (Fsp3) is 0.333. The highest BCUT2D eigenvalue weighted by Gasteiger charge is 2.06. The van der Waals surface area contributed by atoms with Crippen LogP contribution in [0.25, 0.3) is 0 Å². The molecule has 0 fully saturated rings. The van der Waals surface area contributed by atoms with Crippen LogP contribution in [0.5, 0.6) is 5.75 Å². The van der Waals surface area contributed by atoms with Gasteiger partial charge in [-0.05, 0) is 37.1 Å². The molecule has 92 valence electrons. The fourth-order valence-electron chi connectivity index (χ4n) is 1.14. The zero-order valence-corrected chi connectivity index (χ0v) is 9.86. The van der Waals surface area contributed by atoms with Crippen molar-refractivity contribution in [2.24, 2.45) is 5.73 Å². The van der Waals surface area contributed by atoms with Crippen molar-refractivity contribution in [2.45, 2.75) is 13.8 Å². The largest absolute Gasteiger partial charge is 0.482 e. The van der Waals surface area contributed by atoms with Crippen LogP contribution in [0.4, 0.5) is 0 Å². The van der Waals surface area contributed by atoms with Crippen molar-refractivity contribution in [2.75, 3.05) is 13.2 Å². The summed E-state index contributed by atoms with van der Waals surface area (Å²) in [5, 5.41) is 0. The lowest BCUT2D eigenvalue weighted by atomic mass is 10.1. The van der Waals surface area contributed by atoms with Gasteiger partial charge in [-0.2, -0.15) is 0 Å². The van der Waals surface area contributed by atoms with Gasteiger partial charge in [-0.1, -0.05) is 6.07 Å². The smallest absolute Gasteiger partial charge is 0.344 e. The number of hydrogen-bond acceptors (Lipinski definition) is 4. The summed E-state index contributed by atoms with van der Waals surface area (Å²) in [4.78, 5) is 21.5. The number of ether oxygens (including phenoxy) is 2. The topological polar surface area (TPSA) is 78.6 Å². The summed E-state index contributed by atoms with van der Waals surface area (Å²) < 4.78 is 9.75. The Labute approximate surface area is 99.5 Å². The summed E-state index contributed by atoms with van der Waals surface area (Å²) >= 11 is 0. The minimum atomic E-state index is -0.690. The first-order chi connectivity index (χ1) is 7.99. The average Bonchev–Trinajstić information content (AvgIpc) is 2.28. The van der Waals surface area contributed by atoms with Crippen LogP contribution in [0.1, 0.15) is 11.1 Å². The Bertz CT molecular complexity index is 429. The molecule has 0 atom stereocenters. The average molecular weight is 237 g/mol. The van der Waals surface area contributed by atoms with E-state index in [-0.39, 0.29) is 6.61 Å². The minimum Gasteiger partial charge on any atom is -0.482 e. The van der Waals surface area contributed by atoms with Crippen LogP contribution < -0.4 is 10.5 Å². The Morgan fingerprint density at radius 1 is 1.18 bits per heavy atom. The van der Waals surface area contributed by atoms with Gasteiger partial charge in [0, 0.05) is 0 Å². The number of benzene rings is 1. The quantitative estimate of drug-likeness (QED) is 0.765. The summed E-state index contributed by atoms with van der Waals surface area (Å²) in [5.41, 5.74) is 7.05. The number of hydrogen-bond donors (Lipinski definition) is 1. The molecular weight excluding hydrogens is 222 g/mol. The molecule has 0 bridgehead atoms. The van der Waals surface area contributed by atoms with Crippen LogP contribution >= 0.6 is 0 Å². The van der Waals surface area contributed by atoms with E-state index in [9.17, 15) is 9.59 Å². The van der Waals surface area contributed by atoms with Gasteiger partial charge in [-0.25, -0.2) is 4.79 Å². The maximum Gasteiger partial charge on any atom is 0.344 e. The lowest BCUT2D eigenvalue weighted by Gasteiger charge is -2.07. The van der Waals surface area contributed by atoms with E-state index in [1.54, 1.807) is 6.07 Å². The molecule has 0 radical (unpaired) electrons.